The lowest BCUT2D eigenvalue weighted by Gasteiger charge is -2.32. The molecule has 0 radical (unpaired) electrons. The van der Waals surface area contributed by atoms with E-state index < -0.39 is 154 Å². The van der Waals surface area contributed by atoms with E-state index in [-0.39, 0.29) is 34.1 Å². The smallest absolute Gasteiger partial charge is 0.386 e. The van der Waals surface area contributed by atoms with Crippen molar-refractivity contribution in [2.45, 2.75) is 93.1 Å². The van der Waals surface area contributed by atoms with Crippen LogP contribution >= 0.6 is 31.3 Å². The number of methoxy groups -OCH3 is 1. The largest absolute Gasteiger partial charge is 0.490 e. The van der Waals surface area contributed by atoms with Crippen molar-refractivity contribution in [3.05, 3.63) is 62.4 Å². The predicted molar refractivity (Wildman–Crippen MR) is 244 cm³/mol. The van der Waals surface area contributed by atoms with E-state index in [1.54, 1.807) is 13.8 Å². The molecule has 9 heterocycles. The average molecular weight is 1160 g/mol. The molecular weight excluding hydrogens is 1110 g/mol. The molecule has 4 fully saturated rings. The second-order valence-electron chi connectivity index (χ2n) is 17.6. The molecule has 4 saturated heterocycles. The molecule has 16 atom stereocenters. The highest BCUT2D eigenvalue weighted by Crippen LogP contribution is 2.68. The molecule has 5 aromatic rings. The van der Waals surface area contributed by atoms with Gasteiger partial charge in [-0.05, 0) is 13.8 Å². The number of H-pyrrole nitrogens is 2. The summed E-state index contributed by atoms with van der Waals surface area (Å²) < 4.78 is 122. The van der Waals surface area contributed by atoms with Gasteiger partial charge in [0.05, 0.1) is 45.9 Å². The monoisotopic (exact) mass is 1160 g/mol. The second-order valence-corrected chi connectivity index (χ2v) is 23.6. The Balaban J connectivity index is 0.883. The second kappa shape index (κ2) is 20.9. The van der Waals surface area contributed by atoms with Gasteiger partial charge in [-0.3, -0.25) is 51.4 Å². The number of nitrogens with one attached hydrogen (secondary N) is 2. The first-order valence-electron chi connectivity index (χ1n) is 22.1. The Morgan fingerprint density at radius 3 is 2.25 bits per heavy atom. The average Bonchev–Trinajstić information content (AvgIpc) is 4.22. The quantitative estimate of drug-likeness (QED) is 0.0258. The number of phosphoric ester groups is 3. The number of fused-ring (bicyclic) bond motifs is 4. The molecular formula is C35H49N12O25P4+. The molecule has 4 aliphatic rings. The van der Waals surface area contributed by atoms with Crippen LogP contribution in [0.5, 0.6) is 0 Å². The number of imidazole rings is 2. The summed E-state index contributed by atoms with van der Waals surface area (Å²) in [6, 6.07) is 0.989. The first-order chi connectivity index (χ1) is 35.6. The van der Waals surface area contributed by atoms with E-state index in [1.807, 2.05) is 4.98 Å². The van der Waals surface area contributed by atoms with Crippen LogP contribution in [0.2, 0.25) is 0 Å². The van der Waals surface area contributed by atoms with Crippen LogP contribution in [0, 0.1) is 0 Å². The number of rotatable bonds is 21. The summed E-state index contributed by atoms with van der Waals surface area (Å²) in [6.45, 7) is -0.571. The molecule has 0 amide bonds. The zero-order valence-corrected chi connectivity index (χ0v) is 43.2. The molecule has 0 aliphatic carbocycles. The minimum atomic E-state index is -6.18. The molecule has 12 N–H and O–H groups in total. The summed E-state index contributed by atoms with van der Waals surface area (Å²) in [7, 11) is -20.7. The number of hydrogen-bond donors (Lipinski definition) is 10. The number of aliphatic hydroxyl groups is 2. The molecule has 5 aromatic heterocycles. The predicted octanol–water partition coefficient (Wildman–Crippen LogP) is -3.03. The van der Waals surface area contributed by atoms with E-state index in [0.717, 1.165) is 30.3 Å². The maximum atomic E-state index is 13.9. The van der Waals surface area contributed by atoms with Gasteiger partial charge in [-0.2, -0.15) is 8.62 Å². The molecule has 41 heteroatoms. The van der Waals surface area contributed by atoms with Crippen LogP contribution in [0.4, 0.5) is 11.8 Å². The Morgan fingerprint density at radius 2 is 1.57 bits per heavy atom. The highest BCUT2D eigenvalue weighted by Gasteiger charge is 2.66. The lowest BCUT2D eigenvalue weighted by molar-refractivity contribution is -0.745. The van der Waals surface area contributed by atoms with Gasteiger partial charge in [-0.1, -0.05) is 4.98 Å². The van der Waals surface area contributed by atoms with E-state index in [9.17, 15) is 62.4 Å². The first kappa shape index (κ1) is 56.1. The molecule has 4 aliphatic heterocycles. The zero-order chi connectivity index (χ0) is 55.0. The lowest BCUT2D eigenvalue weighted by atomic mass is 10.0. The number of ether oxygens (including phenoxy) is 6. The standard InChI is InChI=1S/C35H48N12O25P4/c1-14(2)66-23-16(68-30(21(23)50)45-6-5-17(48)41-34(45)52)8-63-73(53,54)70-25-24-32(46-12-40-18-26(36)38-11-39-27(18)46)69-35(25,9-62-24)10-65-75(57,58)72-76(59,60)71-74(55,56)64-7-15-22(61-4)20(49)31(67-15)47-13-44(3)19-28(47)42-33(37)43-29(19)51/h5-6,11-16,20-25,30-32,49-50H,7-10H2,1-4H3,(H9-,36,37,38,39,41,42,43,48,51,52,53,54,55,56,57,58,59,60)/p+1/t15-,16-,20?,21?,22+,23+,24?,25-,30-,31-,32-,35-/m1/s1. The van der Waals surface area contributed by atoms with Gasteiger partial charge in [0.25, 0.3) is 17.1 Å². The summed E-state index contributed by atoms with van der Waals surface area (Å²) in [5.74, 6) is -0.339. The molecule has 0 saturated carbocycles. The number of nitrogen functional groups attached to an aromatic ring is 2. The van der Waals surface area contributed by atoms with Crippen LogP contribution in [0.1, 0.15) is 32.5 Å². The number of anilines is 2. The fraction of sp³-hybridized carbons (Fsp3) is 0.600. The first-order valence-corrected chi connectivity index (χ1v) is 28.1. The number of aromatic nitrogens is 10. The van der Waals surface area contributed by atoms with Crippen LogP contribution in [-0.4, -0.2) is 167 Å². The topological polar surface area (TPSA) is 505 Å². The Bertz CT molecular complexity index is 3390. The fourth-order valence-corrected chi connectivity index (χ4v) is 13.5. The third-order valence-corrected chi connectivity index (χ3v) is 17.3. The van der Waals surface area contributed by atoms with Crippen LogP contribution in [0.3, 0.4) is 0 Å². The lowest BCUT2D eigenvalue weighted by Crippen LogP contribution is -2.46. The maximum absolute atomic E-state index is 13.9. The number of aromatic amines is 2. The molecule has 418 valence electrons. The summed E-state index contributed by atoms with van der Waals surface area (Å²) in [5.41, 5.74) is 7.20. The summed E-state index contributed by atoms with van der Waals surface area (Å²) >= 11 is 0. The van der Waals surface area contributed by atoms with E-state index >= 15 is 0 Å². The molecule has 2 bridgehead atoms. The number of hydrogen-bond acceptors (Lipinski definition) is 27. The van der Waals surface area contributed by atoms with Gasteiger partial charge in [0.15, 0.2) is 30.2 Å². The van der Waals surface area contributed by atoms with Crippen LogP contribution in [0.15, 0.2) is 45.6 Å². The highest BCUT2D eigenvalue weighted by atomic mass is 31.3. The van der Waals surface area contributed by atoms with Crippen molar-refractivity contribution >= 4 is 65.4 Å². The minimum absolute atomic E-state index is 0.0252. The Hall–Kier alpha value is -4.62. The van der Waals surface area contributed by atoms with Crippen molar-refractivity contribution in [3.63, 3.8) is 0 Å². The highest BCUT2D eigenvalue weighted by molar-refractivity contribution is 7.66. The van der Waals surface area contributed by atoms with E-state index in [0.29, 0.717) is 0 Å². The summed E-state index contributed by atoms with van der Waals surface area (Å²) in [6.07, 6.45) is -12.1. The minimum Gasteiger partial charge on any atom is -0.386 e. The summed E-state index contributed by atoms with van der Waals surface area (Å²) in [5, 5.41) is 22.3. The SMILES string of the molecule is CO[C@@H]1C(O)[C@H]([n+]2cn(C)c3c(=O)[nH]c(N)nc32)O[C@@H]1COP(=O)(O)OP(=O)(O)OP(=O)(O)OC[C@@]12COC([C@H](n3cnc4c(N)ncnc43)O1)[C@H]2OP(=O)(O)OC[C@H]1O[C@@H](n2ccc(=O)[nH]c2=O)C(O)[C@H]1OC(C)C. The molecule has 76 heavy (non-hydrogen) atoms. The van der Waals surface area contributed by atoms with Crippen molar-refractivity contribution in [1.82, 2.24) is 43.6 Å². The molecule has 7 unspecified atom stereocenters. The molecule has 0 spiro atoms. The third kappa shape index (κ3) is 11.2. The van der Waals surface area contributed by atoms with Gasteiger partial charge in [0, 0.05) is 19.4 Å². The molecule has 37 nitrogen and oxygen atoms in total. The van der Waals surface area contributed by atoms with Gasteiger partial charge in [0.2, 0.25) is 11.7 Å². The van der Waals surface area contributed by atoms with E-state index in [1.165, 1.54) is 33.4 Å². The number of aryl methyl sites for hydroxylation is 1. The number of phosphoric acid groups is 4. The van der Waals surface area contributed by atoms with Crippen molar-refractivity contribution in [3.8, 4) is 0 Å². The Labute approximate surface area is 423 Å². The van der Waals surface area contributed by atoms with Crippen molar-refractivity contribution in [2.75, 3.05) is 45.0 Å². The Kier molecular flexibility index (Phi) is 15.4. The fourth-order valence-electron chi connectivity index (χ4n) is 8.98. The van der Waals surface area contributed by atoms with Crippen LogP contribution in [-0.2, 0) is 80.4 Å². The third-order valence-electron chi connectivity index (χ3n) is 12.1. The van der Waals surface area contributed by atoms with Gasteiger partial charge < -0.3 is 69.7 Å². The number of nitrogens with two attached hydrogens (primary N) is 2. The van der Waals surface area contributed by atoms with Crippen molar-refractivity contribution < 1.29 is 108 Å². The van der Waals surface area contributed by atoms with Gasteiger partial charge >= 0.3 is 42.6 Å². The molecule has 9 rings (SSSR count). The summed E-state index contributed by atoms with van der Waals surface area (Å²) in [4.78, 5) is 100. The maximum Gasteiger partial charge on any atom is 0.490 e. The van der Waals surface area contributed by atoms with E-state index in [4.69, 9.17) is 58.0 Å². The Morgan fingerprint density at radius 1 is 0.882 bits per heavy atom. The zero-order valence-electron chi connectivity index (χ0n) is 39.6. The van der Waals surface area contributed by atoms with Crippen LogP contribution in [0.25, 0.3) is 22.3 Å². The van der Waals surface area contributed by atoms with E-state index in [2.05, 4.69) is 33.5 Å². The number of nitrogens with zero attached hydrogens (tertiary/aromatic N) is 8. The normalized spacial score (nSPS) is 31.8. The van der Waals surface area contributed by atoms with Crippen molar-refractivity contribution in [1.29, 1.82) is 0 Å². The van der Waals surface area contributed by atoms with Crippen molar-refractivity contribution in [2.24, 2.45) is 7.05 Å². The van der Waals surface area contributed by atoms with Crippen LogP contribution < -0.4 is 32.8 Å². The van der Waals surface area contributed by atoms with Gasteiger partial charge in [-0.25, -0.2) is 42.6 Å². The van der Waals surface area contributed by atoms with Gasteiger partial charge in [-0.15, -0.1) is 0 Å². The molecule has 0 aromatic carbocycles. The number of aliphatic hydroxyl groups excluding tert-OH is 2. The van der Waals surface area contributed by atoms with Gasteiger partial charge in [0.1, 0.15) is 66.3 Å².